The van der Waals surface area contributed by atoms with Gasteiger partial charge in [0.2, 0.25) is 5.75 Å². The molecule has 0 bridgehead atoms. The summed E-state index contributed by atoms with van der Waals surface area (Å²) in [6.07, 6.45) is 2.85. The number of hydrogen-bond donors (Lipinski definition) is 1. The molecule has 0 heterocycles. The number of phenolic OH excluding ortho intramolecular Hbond substituents is 1. The fraction of sp³-hybridized carbons (Fsp3) is 0.132. The lowest BCUT2D eigenvalue weighted by Gasteiger charge is -2.17. The van der Waals surface area contributed by atoms with Crippen molar-refractivity contribution in [2.45, 2.75) is 19.8 Å². The van der Waals surface area contributed by atoms with Crippen LogP contribution < -0.4 is 23.7 Å². The first-order valence-electron chi connectivity index (χ1n) is 14.4. The van der Waals surface area contributed by atoms with Crippen molar-refractivity contribution in [2.24, 2.45) is 0 Å². The van der Waals surface area contributed by atoms with E-state index in [1.54, 1.807) is 18.2 Å². The Labute approximate surface area is 262 Å². The first kappa shape index (κ1) is 30.8. The second kappa shape index (κ2) is 15.2. The lowest BCUT2D eigenvalue weighted by Crippen LogP contribution is -2.03. The van der Waals surface area contributed by atoms with Gasteiger partial charge in [-0.1, -0.05) is 91.0 Å². The smallest absolute Gasteiger partial charge is 0.204 e. The monoisotopic (exact) mass is 602 g/mol. The molecular formula is C38H34O7. The number of hydrogen-bond acceptors (Lipinski definition) is 7. The fourth-order valence-corrected chi connectivity index (χ4v) is 4.64. The Balaban J connectivity index is 1.37. The molecule has 0 aliphatic heterocycles. The third kappa shape index (κ3) is 8.03. The number of phenols is 1. The summed E-state index contributed by atoms with van der Waals surface area (Å²) in [5, 5.41) is 10.9. The molecule has 0 atom stereocenters. The third-order valence-electron chi connectivity index (χ3n) is 6.97. The molecule has 0 saturated carbocycles. The normalized spacial score (nSPS) is 10.8. The Hall–Kier alpha value is -5.69. The van der Waals surface area contributed by atoms with Crippen LogP contribution in [-0.4, -0.2) is 25.1 Å². The fourth-order valence-electron chi connectivity index (χ4n) is 4.64. The van der Waals surface area contributed by atoms with Gasteiger partial charge in [0.15, 0.2) is 28.8 Å². The van der Waals surface area contributed by atoms with E-state index in [0.29, 0.717) is 41.8 Å². The minimum Gasteiger partial charge on any atom is -0.507 e. The van der Waals surface area contributed by atoms with Crippen LogP contribution >= 0.6 is 0 Å². The van der Waals surface area contributed by atoms with Gasteiger partial charge in [-0.2, -0.15) is 0 Å². The van der Waals surface area contributed by atoms with Gasteiger partial charge in [0.1, 0.15) is 25.6 Å². The molecule has 0 fully saturated rings. The van der Waals surface area contributed by atoms with Gasteiger partial charge in [-0.25, -0.2) is 0 Å². The van der Waals surface area contributed by atoms with Gasteiger partial charge in [-0.05, 0) is 47.0 Å². The molecule has 7 nitrogen and oxygen atoms in total. The van der Waals surface area contributed by atoms with E-state index in [0.717, 1.165) is 16.7 Å². The number of carbonyl (C=O) groups is 1. The lowest BCUT2D eigenvalue weighted by atomic mass is 10.1. The second-order valence-corrected chi connectivity index (χ2v) is 10.1. The Kier molecular flexibility index (Phi) is 10.4. The highest BCUT2D eigenvalue weighted by Crippen LogP contribution is 2.45. The Bertz CT molecular complexity index is 1730. The van der Waals surface area contributed by atoms with Gasteiger partial charge in [-0.15, -0.1) is 0 Å². The van der Waals surface area contributed by atoms with Gasteiger partial charge in [-0.3, -0.25) is 4.79 Å². The van der Waals surface area contributed by atoms with E-state index in [4.69, 9.17) is 23.7 Å². The van der Waals surface area contributed by atoms with Crippen LogP contribution in [0.25, 0.3) is 6.08 Å². The van der Waals surface area contributed by atoms with Crippen LogP contribution in [0.4, 0.5) is 0 Å². The number of methoxy groups -OCH3 is 2. The van der Waals surface area contributed by atoms with Gasteiger partial charge in [0, 0.05) is 11.6 Å². The SMILES string of the molecule is COc1c(OCc2ccccc2)cc(O)c(C=CC(=O)c2ccc(OCc3ccccc3)c(OCc3ccccc3)c2)c1OC. The Morgan fingerprint density at radius 1 is 0.600 bits per heavy atom. The van der Waals surface area contributed by atoms with Crippen molar-refractivity contribution in [3.05, 3.63) is 149 Å². The maximum Gasteiger partial charge on any atom is 0.204 e. The third-order valence-corrected chi connectivity index (χ3v) is 6.97. The predicted molar refractivity (Wildman–Crippen MR) is 173 cm³/mol. The largest absolute Gasteiger partial charge is 0.507 e. The molecule has 0 aliphatic rings. The maximum absolute atomic E-state index is 13.4. The highest BCUT2D eigenvalue weighted by molar-refractivity contribution is 6.07. The molecule has 7 heteroatoms. The number of rotatable bonds is 14. The average molecular weight is 603 g/mol. The molecular weight excluding hydrogens is 568 g/mol. The zero-order valence-electron chi connectivity index (χ0n) is 25.1. The van der Waals surface area contributed by atoms with Crippen LogP contribution in [0.1, 0.15) is 32.6 Å². The lowest BCUT2D eigenvalue weighted by molar-refractivity contribution is 0.104. The molecule has 0 radical (unpaired) electrons. The summed E-state index contributed by atoms with van der Waals surface area (Å²) in [7, 11) is 2.95. The first-order chi connectivity index (χ1) is 22.1. The minimum absolute atomic E-state index is 0.128. The summed E-state index contributed by atoms with van der Waals surface area (Å²) in [6, 6.07) is 35.7. The van der Waals surface area contributed by atoms with E-state index in [1.807, 2.05) is 91.0 Å². The molecule has 0 aliphatic carbocycles. The van der Waals surface area contributed by atoms with Crippen molar-refractivity contribution in [1.29, 1.82) is 0 Å². The number of allylic oxidation sites excluding steroid dienone is 1. The summed E-state index contributed by atoms with van der Waals surface area (Å²) in [5.41, 5.74) is 3.61. The number of ketones is 1. The first-order valence-corrected chi connectivity index (χ1v) is 14.4. The maximum atomic E-state index is 13.4. The summed E-state index contributed by atoms with van der Waals surface area (Å²) in [4.78, 5) is 13.4. The number of ether oxygens (including phenoxy) is 5. The summed E-state index contributed by atoms with van der Waals surface area (Å²) in [6.45, 7) is 0.925. The molecule has 0 spiro atoms. The van der Waals surface area contributed by atoms with E-state index in [-0.39, 0.29) is 29.5 Å². The van der Waals surface area contributed by atoms with Crippen molar-refractivity contribution in [3.63, 3.8) is 0 Å². The van der Waals surface area contributed by atoms with E-state index in [9.17, 15) is 9.90 Å². The Morgan fingerprint density at radius 3 is 1.60 bits per heavy atom. The van der Waals surface area contributed by atoms with Crippen molar-refractivity contribution in [1.82, 2.24) is 0 Å². The number of benzene rings is 5. The molecule has 0 unspecified atom stereocenters. The molecule has 5 aromatic carbocycles. The number of aromatic hydroxyl groups is 1. The summed E-state index contributed by atoms with van der Waals surface area (Å²) < 4.78 is 29.3. The molecule has 5 rings (SSSR count). The molecule has 0 aromatic heterocycles. The minimum atomic E-state index is -0.306. The highest BCUT2D eigenvalue weighted by Gasteiger charge is 2.20. The van der Waals surface area contributed by atoms with Gasteiger partial charge >= 0.3 is 0 Å². The number of carbonyl (C=O) groups excluding carboxylic acids is 1. The zero-order chi connectivity index (χ0) is 31.4. The van der Waals surface area contributed by atoms with E-state index < -0.39 is 0 Å². The summed E-state index contributed by atoms with van der Waals surface area (Å²) >= 11 is 0. The molecule has 0 amide bonds. The van der Waals surface area contributed by atoms with Crippen LogP contribution in [0.3, 0.4) is 0 Å². The van der Waals surface area contributed by atoms with E-state index >= 15 is 0 Å². The van der Waals surface area contributed by atoms with Crippen LogP contribution in [0, 0.1) is 0 Å². The van der Waals surface area contributed by atoms with Crippen molar-refractivity contribution < 1.29 is 33.6 Å². The second-order valence-electron chi connectivity index (χ2n) is 10.1. The molecule has 0 saturated heterocycles. The molecule has 1 N–H and O–H groups in total. The zero-order valence-corrected chi connectivity index (χ0v) is 25.1. The quantitative estimate of drug-likeness (QED) is 0.102. The van der Waals surface area contributed by atoms with Gasteiger partial charge in [0.25, 0.3) is 0 Å². The van der Waals surface area contributed by atoms with E-state index in [1.165, 1.54) is 32.4 Å². The van der Waals surface area contributed by atoms with Crippen LogP contribution in [0.5, 0.6) is 34.5 Å². The average Bonchev–Trinajstić information content (AvgIpc) is 3.09. The topological polar surface area (TPSA) is 83.5 Å². The van der Waals surface area contributed by atoms with Crippen molar-refractivity contribution >= 4 is 11.9 Å². The molecule has 45 heavy (non-hydrogen) atoms. The Morgan fingerprint density at radius 2 is 1.09 bits per heavy atom. The highest BCUT2D eigenvalue weighted by atomic mass is 16.5. The molecule has 228 valence electrons. The van der Waals surface area contributed by atoms with Crippen LogP contribution in [0.15, 0.2) is 121 Å². The standard InChI is InChI=1S/C38H34O7/c1-41-37-31(33(40)23-36(38(37)42-2)45-26-29-16-10-5-11-17-29)19-20-32(39)30-18-21-34(43-24-27-12-6-3-7-13-27)35(22-30)44-25-28-14-8-4-9-15-28/h3-23,40H,24-26H2,1-2H3. The van der Waals surface area contributed by atoms with Crippen molar-refractivity contribution in [2.75, 3.05) is 14.2 Å². The summed E-state index contributed by atoms with van der Waals surface area (Å²) in [5.74, 6) is 1.37. The van der Waals surface area contributed by atoms with E-state index in [2.05, 4.69) is 0 Å². The van der Waals surface area contributed by atoms with Crippen molar-refractivity contribution in [3.8, 4) is 34.5 Å². The van der Waals surface area contributed by atoms with Crippen LogP contribution in [-0.2, 0) is 19.8 Å². The van der Waals surface area contributed by atoms with Crippen LogP contribution in [0.2, 0.25) is 0 Å². The predicted octanol–water partition coefficient (Wildman–Crippen LogP) is 8.04. The molecule has 5 aromatic rings. The van der Waals surface area contributed by atoms with Gasteiger partial charge in [0.05, 0.1) is 19.8 Å². The van der Waals surface area contributed by atoms with Gasteiger partial charge < -0.3 is 28.8 Å².